The minimum atomic E-state index is -4.03. The molecule has 0 fully saturated rings. The van der Waals surface area contributed by atoms with Gasteiger partial charge in [0.1, 0.15) is 0 Å². The largest absolute Gasteiger partial charge is 1.00 e. The van der Waals surface area contributed by atoms with E-state index in [0.717, 1.165) is 18.0 Å². The quantitative estimate of drug-likeness (QED) is 0.432. The first-order chi connectivity index (χ1) is 13.3. The average Bonchev–Trinajstić information content (AvgIpc) is 2.65. The zero-order valence-corrected chi connectivity index (χ0v) is 19.2. The molecule has 0 radical (unpaired) electrons. The van der Waals surface area contributed by atoms with Crippen LogP contribution in [0.3, 0.4) is 0 Å². The second-order valence-electron chi connectivity index (χ2n) is 6.69. The van der Waals surface area contributed by atoms with Crippen LogP contribution in [0.25, 0.3) is 0 Å². The standard InChI is InChI=1S/C20H28N2O4S2.ClH/c1-3-21(4-2)15-16-22(27(23,24)17-19-11-7-5-8-12-19)28(25,26)18-20-13-9-6-10-14-20;/h5-14H,3-4,15-18H2,1-2H3;1H. The first-order valence-electron chi connectivity index (χ1n) is 9.43. The number of hydrogen-bond acceptors (Lipinski definition) is 4. The van der Waals surface area contributed by atoms with Crippen LogP contribution in [-0.2, 0) is 31.6 Å². The Labute approximate surface area is 181 Å². The summed E-state index contributed by atoms with van der Waals surface area (Å²) in [6.45, 7) is 6.00. The highest BCUT2D eigenvalue weighted by Gasteiger charge is 2.34. The van der Waals surface area contributed by atoms with E-state index >= 15 is 0 Å². The van der Waals surface area contributed by atoms with E-state index in [0.29, 0.717) is 21.4 Å². The summed E-state index contributed by atoms with van der Waals surface area (Å²) >= 11 is 0. The Bertz CT molecular complexity index is 861. The van der Waals surface area contributed by atoms with Crippen molar-refractivity contribution in [2.24, 2.45) is 0 Å². The van der Waals surface area contributed by atoms with Gasteiger partial charge in [-0.05, 0) is 25.0 Å². The number of nitrogens with one attached hydrogen (secondary N) is 1. The number of likely N-dealkylation sites (N-methyl/N-ethyl adjacent to an activating group) is 1. The highest BCUT2D eigenvalue weighted by Crippen LogP contribution is 2.18. The topological polar surface area (TPSA) is 76.0 Å². The van der Waals surface area contributed by atoms with Crippen LogP contribution in [0.1, 0.15) is 25.0 Å². The van der Waals surface area contributed by atoms with Crippen LogP contribution in [0.2, 0.25) is 0 Å². The van der Waals surface area contributed by atoms with Gasteiger partial charge in [-0.25, -0.2) is 16.8 Å². The summed E-state index contributed by atoms with van der Waals surface area (Å²) in [6, 6.07) is 17.3. The normalized spacial score (nSPS) is 12.1. The number of nitrogens with zero attached hydrogens (tertiary/aromatic N) is 1. The van der Waals surface area contributed by atoms with Crippen molar-refractivity contribution in [3.63, 3.8) is 0 Å². The number of sulfonamides is 2. The van der Waals surface area contributed by atoms with Crippen LogP contribution in [0, 0.1) is 0 Å². The molecule has 2 rings (SSSR count). The lowest BCUT2D eigenvalue weighted by Gasteiger charge is -2.24. The molecule has 2 aromatic carbocycles. The van der Waals surface area contributed by atoms with E-state index in [1.54, 1.807) is 60.7 Å². The fourth-order valence-electron chi connectivity index (χ4n) is 3.02. The van der Waals surface area contributed by atoms with Gasteiger partial charge in [0, 0.05) is 0 Å². The molecule has 6 nitrogen and oxygen atoms in total. The summed E-state index contributed by atoms with van der Waals surface area (Å²) in [6.07, 6.45) is 0. The lowest BCUT2D eigenvalue weighted by molar-refractivity contribution is -0.895. The maximum atomic E-state index is 13.1. The Hall–Kier alpha value is -1.45. The molecule has 0 heterocycles. The molecule has 162 valence electrons. The average molecular weight is 461 g/mol. The van der Waals surface area contributed by atoms with E-state index in [-0.39, 0.29) is 30.5 Å². The fourth-order valence-corrected chi connectivity index (χ4v) is 6.97. The SMILES string of the molecule is CC[NH+](CC)CCN(S(=O)(=O)Cc1ccccc1)S(=O)(=O)Cc1ccccc1.[Cl-]. The van der Waals surface area contributed by atoms with E-state index < -0.39 is 20.0 Å². The van der Waals surface area contributed by atoms with Crippen LogP contribution in [-0.4, -0.2) is 46.7 Å². The molecule has 0 unspecified atom stereocenters. The van der Waals surface area contributed by atoms with Crippen molar-refractivity contribution in [1.82, 2.24) is 3.71 Å². The maximum absolute atomic E-state index is 13.1. The second-order valence-corrected chi connectivity index (χ2v) is 10.7. The first-order valence-corrected chi connectivity index (χ1v) is 12.6. The zero-order chi connectivity index (χ0) is 20.6. The molecule has 0 aliphatic carbocycles. The van der Waals surface area contributed by atoms with Crippen molar-refractivity contribution in [3.8, 4) is 0 Å². The van der Waals surface area contributed by atoms with Crippen molar-refractivity contribution < 1.29 is 34.1 Å². The lowest BCUT2D eigenvalue weighted by Crippen LogP contribution is -3.12. The molecule has 9 heteroatoms. The third-order valence-corrected chi connectivity index (χ3v) is 9.02. The number of benzene rings is 2. The van der Waals surface area contributed by atoms with Crippen LogP contribution in [0.4, 0.5) is 0 Å². The van der Waals surface area contributed by atoms with Crippen LogP contribution in [0.15, 0.2) is 60.7 Å². The summed E-state index contributed by atoms with van der Waals surface area (Å²) in [5, 5.41) is 0. The molecule has 0 aliphatic heterocycles. The molecule has 0 atom stereocenters. The Balaban J connectivity index is 0.00000420. The Morgan fingerprint density at radius 2 is 1.10 bits per heavy atom. The van der Waals surface area contributed by atoms with Gasteiger partial charge in [0.25, 0.3) is 0 Å². The number of hydrogen-bond donors (Lipinski definition) is 1. The van der Waals surface area contributed by atoms with Crippen molar-refractivity contribution in [1.29, 1.82) is 0 Å². The molecule has 2 aromatic rings. The molecule has 0 aromatic heterocycles. The molecule has 0 aliphatic rings. The summed E-state index contributed by atoms with van der Waals surface area (Å²) in [5.74, 6) is -0.676. The monoisotopic (exact) mass is 460 g/mol. The van der Waals surface area contributed by atoms with Gasteiger partial charge in [-0.15, -0.1) is 0 Å². The van der Waals surface area contributed by atoms with Crippen LogP contribution in [0.5, 0.6) is 0 Å². The van der Waals surface area contributed by atoms with E-state index in [4.69, 9.17) is 0 Å². The summed E-state index contributed by atoms with van der Waals surface area (Å²) < 4.78 is 53.0. The Kier molecular flexibility index (Phi) is 10.3. The summed E-state index contributed by atoms with van der Waals surface area (Å²) in [4.78, 5) is 1.15. The molecular weight excluding hydrogens is 432 g/mol. The van der Waals surface area contributed by atoms with E-state index in [2.05, 4.69) is 0 Å². The van der Waals surface area contributed by atoms with Gasteiger partial charge < -0.3 is 17.3 Å². The van der Waals surface area contributed by atoms with Crippen LogP contribution < -0.4 is 17.3 Å². The highest BCUT2D eigenvalue weighted by molar-refractivity contribution is 8.03. The maximum Gasteiger partial charge on any atom is 0.231 e. The van der Waals surface area contributed by atoms with Gasteiger partial charge in [-0.3, -0.25) is 0 Å². The van der Waals surface area contributed by atoms with E-state index in [1.807, 2.05) is 13.8 Å². The molecule has 29 heavy (non-hydrogen) atoms. The summed E-state index contributed by atoms with van der Waals surface area (Å²) in [7, 11) is -8.07. The Morgan fingerprint density at radius 1 is 0.724 bits per heavy atom. The third kappa shape index (κ3) is 7.71. The predicted molar refractivity (Wildman–Crippen MR) is 112 cm³/mol. The van der Waals surface area contributed by atoms with Gasteiger partial charge >= 0.3 is 0 Å². The fraction of sp³-hybridized carbons (Fsp3) is 0.400. The zero-order valence-electron chi connectivity index (χ0n) is 16.8. The molecule has 0 amide bonds. The van der Waals surface area contributed by atoms with Crippen molar-refractivity contribution in [2.75, 3.05) is 26.2 Å². The molecule has 1 N–H and O–H groups in total. The number of quaternary nitrogens is 1. The predicted octanol–water partition coefficient (Wildman–Crippen LogP) is -1.72. The lowest BCUT2D eigenvalue weighted by atomic mass is 10.2. The van der Waals surface area contributed by atoms with E-state index in [9.17, 15) is 16.8 Å². The van der Waals surface area contributed by atoms with Gasteiger partial charge in [0.05, 0.1) is 37.7 Å². The first kappa shape index (κ1) is 25.6. The van der Waals surface area contributed by atoms with Gasteiger partial charge in [-0.2, -0.15) is 0 Å². The van der Waals surface area contributed by atoms with Gasteiger partial charge in [-0.1, -0.05) is 64.4 Å². The summed E-state index contributed by atoms with van der Waals surface area (Å²) in [5.41, 5.74) is 1.13. The minimum Gasteiger partial charge on any atom is -1.00 e. The molecule has 0 saturated heterocycles. The second kappa shape index (κ2) is 11.7. The molecule has 0 saturated carbocycles. The number of halogens is 1. The molecule has 0 bridgehead atoms. The smallest absolute Gasteiger partial charge is 0.231 e. The van der Waals surface area contributed by atoms with Crippen LogP contribution >= 0.6 is 0 Å². The van der Waals surface area contributed by atoms with E-state index in [1.165, 1.54) is 0 Å². The third-order valence-electron chi connectivity index (χ3n) is 4.65. The van der Waals surface area contributed by atoms with Gasteiger partial charge in [0.2, 0.25) is 20.0 Å². The minimum absolute atomic E-state index is 0. The number of rotatable bonds is 11. The molecule has 0 spiro atoms. The van der Waals surface area contributed by atoms with Crippen molar-refractivity contribution in [3.05, 3.63) is 71.8 Å². The van der Waals surface area contributed by atoms with Crippen molar-refractivity contribution in [2.45, 2.75) is 25.4 Å². The highest BCUT2D eigenvalue weighted by atomic mass is 35.5. The molecular formula is C20H29ClN2O4S2. The Morgan fingerprint density at radius 3 is 1.45 bits per heavy atom. The van der Waals surface area contributed by atoms with Gasteiger partial charge in [0.15, 0.2) is 0 Å². The van der Waals surface area contributed by atoms with Crippen molar-refractivity contribution >= 4 is 20.0 Å².